The lowest BCUT2D eigenvalue weighted by molar-refractivity contribution is -0.122. The van der Waals surface area contributed by atoms with Crippen LogP contribution in [0.3, 0.4) is 0 Å². The van der Waals surface area contributed by atoms with Crippen molar-refractivity contribution in [1.29, 1.82) is 0 Å². The quantitative estimate of drug-likeness (QED) is 0.502. The van der Waals surface area contributed by atoms with Crippen molar-refractivity contribution < 1.29 is 9.59 Å². The Morgan fingerprint density at radius 3 is 2.65 bits per heavy atom. The molecule has 134 valence electrons. The molecule has 2 aromatic heterocycles. The molecule has 2 heterocycles. The molecule has 3 rings (SSSR count). The maximum absolute atomic E-state index is 12.1. The summed E-state index contributed by atoms with van der Waals surface area (Å²) in [5, 5.41) is 8.21. The van der Waals surface area contributed by atoms with Crippen LogP contribution in [0.4, 0.5) is 5.69 Å². The number of carbonyl (C=O) groups excluding carboxylic acids is 2. The Bertz CT molecular complexity index is 935. The zero-order valence-corrected chi connectivity index (χ0v) is 16.0. The summed E-state index contributed by atoms with van der Waals surface area (Å²) < 4.78 is 0.970. The molecule has 26 heavy (non-hydrogen) atoms. The van der Waals surface area contributed by atoms with E-state index in [2.05, 4.69) is 20.6 Å². The molecule has 0 unspecified atom stereocenters. The van der Waals surface area contributed by atoms with Crippen LogP contribution in [0.15, 0.2) is 41.0 Å². The van der Waals surface area contributed by atoms with Gasteiger partial charge in [0, 0.05) is 5.69 Å². The fraction of sp³-hybridized carbons (Fsp3) is 0.222. The maximum atomic E-state index is 12.1. The summed E-state index contributed by atoms with van der Waals surface area (Å²) in [5.74, 6) is -0.265. The first-order valence-corrected chi connectivity index (χ1v) is 9.85. The first kappa shape index (κ1) is 18.3. The predicted octanol–water partition coefficient (Wildman–Crippen LogP) is 3.16. The summed E-state index contributed by atoms with van der Waals surface area (Å²) >= 11 is 2.88. The Kier molecular flexibility index (Phi) is 5.85. The lowest BCUT2D eigenvalue weighted by Crippen LogP contribution is -2.34. The second-order valence-corrected chi connectivity index (χ2v) is 7.57. The van der Waals surface area contributed by atoms with Crippen molar-refractivity contribution in [2.75, 3.05) is 17.6 Å². The average molecular weight is 387 g/mol. The van der Waals surface area contributed by atoms with Gasteiger partial charge in [-0.2, -0.15) is 0 Å². The molecule has 1 aromatic carbocycles. The van der Waals surface area contributed by atoms with E-state index in [1.54, 1.807) is 11.3 Å². The second kappa shape index (κ2) is 8.29. The van der Waals surface area contributed by atoms with Gasteiger partial charge in [0.15, 0.2) is 0 Å². The molecule has 2 N–H and O–H groups in total. The molecule has 0 saturated heterocycles. The second-order valence-electron chi connectivity index (χ2n) is 5.69. The third kappa shape index (κ3) is 4.39. The van der Waals surface area contributed by atoms with Gasteiger partial charge in [-0.25, -0.2) is 9.97 Å². The van der Waals surface area contributed by atoms with Crippen LogP contribution in [0.2, 0.25) is 0 Å². The topological polar surface area (TPSA) is 84.0 Å². The Labute approximate surface area is 159 Å². The van der Waals surface area contributed by atoms with E-state index < -0.39 is 0 Å². The summed E-state index contributed by atoms with van der Waals surface area (Å²) in [6.45, 7) is 3.81. The van der Waals surface area contributed by atoms with Crippen molar-refractivity contribution in [2.45, 2.75) is 18.9 Å². The van der Waals surface area contributed by atoms with E-state index in [9.17, 15) is 9.59 Å². The highest BCUT2D eigenvalue weighted by atomic mass is 32.2. The largest absolute Gasteiger partial charge is 0.346 e. The number of nitrogens with one attached hydrogen (secondary N) is 2. The molecule has 3 aromatic rings. The summed E-state index contributed by atoms with van der Waals surface area (Å²) in [6.07, 6.45) is 1.49. The number of aryl methyl sites for hydroxylation is 2. The van der Waals surface area contributed by atoms with E-state index in [1.807, 2.05) is 43.5 Å². The van der Waals surface area contributed by atoms with Crippen molar-refractivity contribution in [2.24, 2.45) is 0 Å². The molecule has 2 amide bonds. The summed E-state index contributed by atoms with van der Waals surface area (Å²) in [5.41, 5.74) is 3.65. The molecule has 0 radical (unpaired) electrons. The molecule has 0 aliphatic carbocycles. The van der Waals surface area contributed by atoms with Gasteiger partial charge in [-0.3, -0.25) is 9.59 Å². The first-order chi connectivity index (χ1) is 12.5. The smallest absolute Gasteiger partial charge is 0.243 e. The standard InChI is InChI=1S/C18H18N4O2S2/c1-11-4-3-5-12(2)16(11)22-14(23)8-19-15(24)9-26-18-17-13(6-7-25-17)20-10-21-18/h3-7,10H,8-9H2,1-2H3,(H,19,24)(H,22,23). The van der Waals surface area contributed by atoms with Crippen molar-refractivity contribution in [3.63, 3.8) is 0 Å². The molecule has 0 aliphatic heterocycles. The van der Waals surface area contributed by atoms with Gasteiger partial charge >= 0.3 is 0 Å². The van der Waals surface area contributed by atoms with Crippen molar-refractivity contribution in [3.8, 4) is 0 Å². The number of amides is 2. The zero-order chi connectivity index (χ0) is 18.5. The molecule has 6 nitrogen and oxygen atoms in total. The third-order valence-corrected chi connectivity index (χ3v) is 5.77. The van der Waals surface area contributed by atoms with Gasteiger partial charge in [0.1, 0.15) is 11.4 Å². The number of benzene rings is 1. The molecular formula is C18H18N4O2S2. The lowest BCUT2D eigenvalue weighted by Gasteiger charge is -2.11. The van der Waals surface area contributed by atoms with Crippen LogP contribution in [0.25, 0.3) is 10.2 Å². The van der Waals surface area contributed by atoms with E-state index in [0.29, 0.717) is 0 Å². The van der Waals surface area contributed by atoms with Crippen LogP contribution in [-0.2, 0) is 9.59 Å². The Morgan fingerprint density at radius 1 is 1.12 bits per heavy atom. The monoisotopic (exact) mass is 386 g/mol. The summed E-state index contributed by atoms with van der Waals surface area (Å²) in [4.78, 5) is 32.5. The number of aromatic nitrogens is 2. The Balaban J connectivity index is 1.49. The highest BCUT2D eigenvalue weighted by Crippen LogP contribution is 2.28. The minimum atomic E-state index is -0.247. The number of thioether (sulfide) groups is 1. The van der Waals surface area contributed by atoms with Gasteiger partial charge in [-0.05, 0) is 36.4 Å². The first-order valence-electron chi connectivity index (χ1n) is 7.98. The van der Waals surface area contributed by atoms with Gasteiger partial charge in [0.05, 0.1) is 22.5 Å². The van der Waals surface area contributed by atoms with Crippen LogP contribution in [0.5, 0.6) is 0 Å². The minimum Gasteiger partial charge on any atom is -0.346 e. The van der Waals surface area contributed by atoms with Crippen molar-refractivity contribution in [3.05, 3.63) is 47.1 Å². The van der Waals surface area contributed by atoms with E-state index >= 15 is 0 Å². The van der Waals surface area contributed by atoms with E-state index in [-0.39, 0.29) is 24.1 Å². The fourth-order valence-electron chi connectivity index (χ4n) is 2.43. The van der Waals surface area contributed by atoms with Gasteiger partial charge in [0.25, 0.3) is 0 Å². The number of hydrogen-bond acceptors (Lipinski definition) is 6. The Morgan fingerprint density at radius 2 is 1.88 bits per heavy atom. The fourth-order valence-corrected chi connectivity index (χ4v) is 4.20. The highest BCUT2D eigenvalue weighted by Gasteiger charge is 2.11. The van der Waals surface area contributed by atoms with Gasteiger partial charge < -0.3 is 10.6 Å². The number of anilines is 1. The number of carbonyl (C=O) groups is 2. The van der Waals surface area contributed by atoms with Crippen LogP contribution in [0.1, 0.15) is 11.1 Å². The molecule has 0 fully saturated rings. The van der Waals surface area contributed by atoms with E-state index in [1.165, 1.54) is 18.1 Å². The SMILES string of the molecule is Cc1cccc(C)c1NC(=O)CNC(=O)CSc1ncnc2ccsc12. The Hall–Kier alpha value is -2.45. The van der Waals surface area contributed by atoms with Crippen LogP contribution < -0.4 is 10.6 Å². The van der Waals surface area contributed by atoms with Crippen molar-refractivity contribution >= 4 is 50.8 Å². The molecule has 0 atom stereocenters. The molecule has 0 bridgehead atoms. The minimum absolute atomic E-state index is 0.0641. The molecular weight excluding hydrogens is 368 g/mol. The van der Waals surface area contributed by atoms with E-state index in [4.69, 9.17) is 0 Å². The molecule has 0 spiro atoms. The number of fused-ring (bicyclic) bond motifs is 1. The van der Waals surface area contributed by atoms with Crippen molar-refractivity contribution in [1.82, 2.24) is 15.3 Å². The predicted molar refractivity (Wildman–Crippen MR) is 106 cm³/mol. The molecule has 0 saturated carbocycles. The summed E-state index contributed by atoms with van der Waals surface area (Å²) in [6, 6.07) is 7.73. The molecule has 8 heteroatoms. The number of thiophene rings is 1. The molecule has 0 aliphatic rings. The average Bonchev–Trinajstić information content (AvgIpc) is 3.10. The highest BCUT2D eigenvalue weighted by molar-refractivity contribution is 8.00. The number of para-hydroxylation sites is 1. The van der Waals surface area contributed by atoms with Gasteiger partial charge in [0.2, 0.25) is 11.8 Å². The number of nitrogens with zero attached hydrogens (tertiary/aromatic N) is 2. The van der Waals surface area contributed by atoms with Gasteiger partial charge in [-0.15, -0.1) is 11.3 Å². The third-order valence-electron chi connectivity index (χ3n) is 3.74. The lowest BCUT2D eigenvalue weighted by atomic mass is 10.1. The van der Waals surface area contributed by atoms with Crippen LogP contribution in [-0.4, -0.2) is 34.1 Å². The number of hydrogen-bond donors (Lipinski definition) is 2. The van der Waals surface area contributed by atoms with E-state index in [0.717, 1.165) is 32.1 Å². The van der Waals surface area contributed by atoms with Gasteiger partial charge in [-0.1, -0.05) is 30.0 Å². The maximum Gasteiger partial charge on any atom is 0.243 e. The van der Waals surface area contributed by atoms with Crippen LogP contribution in [0, 0.1) is 13.8 Å². The zero-order valence-electron chi connectivity index (χ0n) is 14.4. The normalized spacial score (nSPS) is 10.7. The van der Waals surface area contributed by atoms with Crippen LogP contribution >= 0.6 is 23.1 Å². The summed E-state index contributed by atoms with van der Waals surface area (Å²) in [7, 11) is 0. The number of rotatable bonds is 6.